The highest BCUT2D eigenvalue weighted by Crippen LogP contribution is 2.48. The van der Waals surface area contributed by atoms with E-state index in [1.807, 2.05) is 17.8 Å². The summed E-state index contributed by atoms with van der Waals surface area (Å²) in [6.45, 7) is 2.65. The SMILES string of the molecule is COc1cc(CN2C[C@@H]3CCC[C@@H](C2)C3(O)c2nccn2C)ccc1OC1CCCC1. The lowest BCUT2D eigenvalue weighted by atomic mass is 9.65. The van der Waals surface area contributed by atoms with Crippen LogP contribution in [0.15, 0.2) is 30.6 Å². The normalized spacial score (nSPS) is 29.3. The van der Waals surface area contributed by atoms with Crippen LogP contribution in [0.5, 0.6) is 11.5 Å². The molecule has 0 amide bonds. The van der Waals surface area contributed by atoms with Crippen LogP contribution in [0.4, 0.5) is 0 Å². The Hall–Kier alpha value is -2.05. The van der Waals surface area contributed by atoms with E-state index < -0.39 is 5.60 Å². The zero-order chi connectivity index (χ0) is 21.4. The first-order chi connectivity index (χ1) is 15.1. The molecule has 1 saturated heterocycles. The summed E-state index contributed by atoms with van der Waals surface area (Å²) in [4.78, 5) is 7.04. The maximum Gasteiger partial charge on any atom is 0.161 e. The molecule has 6 heteroatoms. The number of rotatable bonds is 6. The van der Waals surface area contributed by atoms with Crippen LogP contribution in [0.1, 0.15) is 56.3 Å². The summed E-state index contributed by atoms with van der Waals surface area (Å²) < 4.78 is 13.9. The van der Waals surface area contributed by atoms with E-state index >= 15 is 0 Å². The molecule has 2 bridgehead atoms. The molecular formula is C25H35N3O3. The number of hydrogen-bond acceptors (Lipinski definition) is 5. The van der Waals surface area contributed by atoms with Crippen molar-refractivity contribution in [2.75, 3.05) is 20.2 Å². The molecule has 1 aliphatic heterocycles. The molecule has 6 nitrogen and oxygen atoms in total. The zero-order valence-corrected chi connectivity index (χ0v) is 18.8. The van der Waals surface area contributed by atoms with E-state index in [-0.39, 0.29) is 11.8 Å². The predicted octanol–water partition coefficient (Wildman–Crippen LogP) is 3.87. The Bertz CT molecular complexity index is 891. The second-order valence-electron chi connectivity index (χ2n) is 9.72. The second kappa shape index (κ2) is 8.47. The molecule has 1 N–H and O–H groups in total. The van der Waals surface area contributed by atoms with Crippen molar-refractivity contribution in [2.24, 2.45) is 18.9 Å². The average molecular weight is 426 g/mol. The minimum absolute atomic E-state index is 0.216. The molecule has 2 aromatic rings. The fourth-order valence-corrected chi connectivity index (χ4v) is 6.14. The minimum Gasteiger partial charge on any atom is -0.493 e. The van der Waals surface area contributed by atoms with E-state index in [9.17, 15) is 5.11 Å². The summed E-state index contributed by atoms with van der Waals surface area (Å²) in [5, 5.41) is 11.8. The van der Waals surface area contributed by atoms with Crippen molar-refractivity contribution in [1.29, 1.82) is 0 Å². The highest BCUT2D eigenvalue weighted by Gasteiger charge is 2.53. The molecule has 3 aliphatic rings. The first-order valence-electron chi connectivity index (χ1n) is 11.8. The molecule has 2 aliphatic carbocycles. The van der Waals surface area contributed by atoms with Crippen LogP contribution < -0.4 is 9.47 Å². The van der Waals surface area contributed by atoms with E-state index in [1.165, 1.54) is 24.8 Å². The van der Waals surface area contributed by atoms with Crippen LogP contribution in [-0.4, -0.2) is 45.9 Å². The number of hydrogen-bond donors (Lipinski definition) is 1. The standard InChI is InChI=1S/C25H35N3O3/c1-27-13-12-26-24(27)25(29)19-6-5-7-20(25)17-28(16-19)15-18-10-11-22(23(14-18)30-2)31-21-8-3-4-9-21/h10-14,19-21,29H,3-9,15-17H2,1-2H3/t19-,20-/m0/s1. The lowest BCUT2D eigenvalue weighted by Gasteiger charge is -2.52. The van der Waals surface area contributed by atoms with Gasteiger partial charge in [0.05, 0.1) is 13.2 Å². The van der Waals surface area contributed by atoms with E-state index in [1.54, 1.807) is 13.3 Å². The summed E-state index contributed by atoms with van der Waals surface area (Å²) in [6.07, 6.45) is 12.2. The Morgan fingerprint density at radius 3 is 2.45 bits per heavy atom. The number of nitrogens with zero attached hydrogens (tertiary/aromatic N) is 3. The number of ether oxygens (including phenoxy) is 2. The molecule has 5 rings (SSSR count). The number of aromatic nitrogens is 2. The van der Waals surface area contributed by atoms with Gasteiger partial charge in [-0.3, -0.25) is 4.90 Å². The van der Waals surface area contributed by atoms with Gasteiger partial charge in [-0.25, -0.2) is 4.98 Å². The topological polar surface area (TPSA) is 59.8 Å². The van der Waals surface area contributed by atoms with Gasteiger partial charge in [0.15, 0.2) is 11.5 Å². The summed E-state index contributed by atoms with van der Waals surface area (Å²) in [6, 6.07) is 6.36. The Morgan fingerprint density at radius 1 is 1.06 bits per heavy atom. The van der Waals surface area contributed by atoms with Crippen LogP contribution in [-0.2, 0) is 19.2 Å². The number of likely N-dealkylation sites (tertiary alicyclic amines) is 1. The van der Waals surface area contributed by atoms with Crippen molar-refractivity contribution in [3.63, 3.8) is 0 Å². The molecule has 0 radical (unpaired) electrons. The van der Waals surface area contributed by atoms with Gasteiger partial charge in [-0.05, 0) is 56.2 Å². The molecule has 0 unspecified atom stereocenters. The Labute approximate surface area is 185 Å². The van der Waals surface area contributed by atoms with Gasteiger partial charge in [-0.2, -0.15) is 0 Å². The molecule has 2 saturated carbocycles. The highest BCUT2D eigenvalue weighted by atomic mass is 16.5. The number of methoxy groups -OCH3 is 1. The third kappa shape index (κ3) is 3.85. The lowest BCUT2D eigenvalue weighted by molar-refractivity contribution is -0.155. The van der Waals surface area contributed by atoms with Crippen molar-refractivity contribution in [3.8, 4) is 11.5 Å². The van der Waals surface area contributed by atoms with Gasteiger partial charge in [0.1, 0.15) is 11.4 Å². The first kappa shape index (κ1) is 20.8. The monoisotopic (exact) mass is 425 g/mol. The number of aryl methyl sites for hydroxylation is 1. The zero-order valence-electron chi connectivity index (χ0n) is 18.8. The molecule has 31 heavy (non-hydrogen) atoms. The molecule has 2 atom stereocenters. The van der Waals surface area contributed by atoms with Gasteiger partial charge >= 0.3 is 0 Å². The number of benzene rings is 1. The summed E-state index contributed by atoms with van der Waals surface area (Å²) in [7, 11) is 3.71. The van der Waals surface area contributed by atoms with Gasteiger partial charge in [-0.15, -0.1) is 0 Å². The van der Waals surface area contributed by atoms with Crippen LogP contribution in [0, 0.1) is 11.8 Å². The largest absolute Gasteiger partial charge is 0.493 e. The van der Waals surface area contributed by atoms with Gasteiger partial charge < -0.3 is 19.1 Å². The highest BCUT2D eigenvalue weighted by molar-refractivity contribution is 5.43. The number of imidazole rings is 1. The smallest absolute Gasteiger partial charge is 0.161 e. The van der Waals surface area contributed by atoms with Crippen molar-refractivity contribution in [1.82, 2.24) is 14.5 Å². The van der Waals surface area contributed by atoms with Crippen LogP contribution in [0.3, 0.4) is 0 Å². The van der Waals surface area contributed by atoms with Crippen molar-refractivity contribution >= 4 is 0 Å². The summed E-state index contributed by atoms with van der Waals surface area (Å²) in [5.41, 5.74) is 0.417. The Morgan fingerprint density at radius 2 is 1.81 bits per heavy atom. The number of fused-ring (bicyclic) bond motifs is 2. The van der Waals surface area contributed by atoms with Gasteiger partial charge in [-0.1, -0.05) is 12.5 Å². The summed E-state index contributed by atoms with van der Waals surface area (Å²) >= 11 is 0. The fraction of sp³-hybridized carbons (Fsp3) is 0.640. The quantitative estimate of drug-likeness (QED) is 0.761. The van der Waals surface area contributed by atoms with Crippen molar-refractivity contribution in [3.05, 3.63) is 42.0 Å². The van der Waals surface area contributed by atoms with Gasteiger partial charge in [0, 0.05) is 50.9 Å². The molecule has 0 spiro atoms. The molecular weight excluding hydrogens is 390 g/mol. The predicted molar refractivity (Wildman–Crippen MR) is 119 cm³/mol. The first-order valence-corrected chi connectivity index (χ1v) is 11.8. The maximum absolute atomic E-state index is 11.8. The van der Waals surface area contributed by atoms with E-state index in [4.69, 9.17) is 9.47 Å². The molecule has 1 aromatic heterocycles. The third-order valence-corrected chi connectivity index (χ3v) is 7.72. The average Bonchev–Trinajstić information content (AvgIpc) is 3.41. The van der Waals surface area contributed by atoms with Crippen LogP contribution in [0.2, 0.25) is 0 Å². The molecule has 168 valence electrons. The number of aliphatic hydroxyl groups is 1. The Balaban J connectivity index is 1.31. The van der Waals surface area contributed by atoms with Crippen molar-refractivity contribution in [2.45, 2.75) is 63.2 Å². The molecule has 2 heterocycles. The van der Waals surface area contributed by atoms with Gasteiger partial charge in [0.2, 0.25) is 0 Å². The summed E-state index contributed by atoms with van der Waals surface area (Å²) in [5.74, 6) is 2.95. The lowest BCUT2D eigenvalue weighted by Crippen LogP contribution is -2.58. The third-order valence-electron chi connectivity index (χ3n) is 7.72. The second-order valence-corrected chi connectivity index (χ2v) is 9.72. The van der Waals surface area contributed by atoms with Crippen LogP contribution >= 0.6 is 0 Å². The van der Waals surface area contributed by atoms with Crippen molar-refractivity contribution < 1.29 is 14.6 Å². The van der Waals surface area contributed by atoms with Gasteiger partial charge in [0.25, 0.3) is 0 Å². The Kier molecular flexibility index (Phi) is 5.69. The maximum atomic E-state index is 11.8. The molecule has 1 aromatic carbocycles. The molecule has 3 fully saturated rings. The van der Waals surface area contributed by atoms with E-state index in [2.05, 4.69) is 28.1 Å². The fourth-order valence-electron chi connectivity index (χ4n) is 6.14. The van der Waals surface area contributed by atoms with Crippen LogP contribution in [0.25, 0.3) is 0 Å². The number of piperidine rings is 1. The van der Waals surface area contributed by atoms with E-state index in [0.717, 1.165) is 62.6 Å². The van der Waals surface area contributed by atoms with E-state index in [0.29, 0.717) is 6.10 Å². The minimum atomic E-state index is -0.816.